The lowest BCUT2D eigenvalue weighted by atomic mass is 9.94. The second-order valence-electron chi connectivity index (χ2n) is 7.14. The first-order valence-corrected chi connectivity index (χ1v) is 9.19. The maximum Gasteiger partial charge on any atom is 0.326 e. The van der Waals surface area contributed by atoms with E-state index >= 15 is 0 Å². The molecular weight excluding hydrogens is 354 g/mol. The lowest BCUT2D eigenvalue weighted by Crippen LogP contribution is -2.43. The van der Waals surface area contributed by atoms with E-state index in [1.807, 2.05) is 12.1 Å². The Balaban J connectivity index is 1.64. The van der Waals surface area contributed by atoms with Crippen molar-refractivity contribution in [3.8, 4) is 5.69 Å². The SMILES string of the molecule is Cc1nn(-c2ccc(Cl)cc2)cc1C(=O)N1CC2CCCC2C1C(=O)O. The van der Waals surface area contributed by atoms with E-state index in [-0.39, 0.29) is 11.8 Å². The van der Waals surface area contributed by atoms with Gasteiger partial charge >= 0.3 is 5.97 Å². The molecule has 0 spiro atoms. The molecule has 1 saturated heterocycles. The van der Waals surface area contributed by atoms with Crippen molar-refractivity contribution in [2.24, 2.45) is 11.8 Å². The van der Waals surface area contributed by atoms with Crippen LogP contribution < -0.4 is 0 Å². The summed E-state index contributed by atoms with van der Waals surface area (Å²) in [6.45, 7) is 2.29. The Morgan fingerprint density at radius 1 is 1.23 bits per heavy atom. The van der Waals surface area contributed by atoms with Gasteiger partial charge in [0.1, 0.15) is 6.04 Å². The summed E-state index contributed by atoms with van der Waals surface area (Å²) in [7, 11) is 0. The average Bonchev–Trinajstić information content (AvgIpc) is 3.28. The number of fused-ring (bicyclic) bond motifs is 1. The second kappa shape index (κ2) is 6.43. The number of benzene rings is 1. The maximum atomic E-state index is 13.1. The fourth-order valence-electron chi connectivity index (χ4n) is 4.38. The summed E-state index contributed by atoms with van der Waals surface area (Å²) in [4.78, 5) is 26.4. The molecule has 0 radical (unpaired) electrons. The minimum Gasteiger partial charge on any atom is -0.480 e. The zero-order valence-corrected chi connectivity index (χ0v) is 15.2. The highest BCUT2D eigenvalue weighted by Crippen LogP contribution is 2.42. The number of carboxylic acid groups (broad SMARTS) is 1. The first kappa shape index (κ1) is 17.1. The van der Waals surface area contributed by atoms with E-state index < -0.39 is 12.0 Å². The number of hydrogen-bond acceptors (Lipinski definition) is 3. The number of hydrogen-bond donors (Lipinski definition) is 1. The monoisotopic (exact) mass is 373 g/mol. The molecule has 136 valence electrons. The fourth-order valence-corrected chi connectivity index (χ4v) is 4.51. The van der Waals surface area contributed by atoms with Crippen LogP contribution in [0.3, 0.4) is 0 Å². The molecule has 2 aromatic rings. The summed E-state index contributed by atoms with van der Waals surface area (Å²) in [6.07, 6.45) is 4.61. The van der Waals surface area contributed by atoms with Crippen LogP contribution in [0, 0.1) is 18.8 Å². The van der Waals surface area contributed by atoms with Gasteiger partial charge in [0.2, 0.25) is 0 Å². The number of carbonyl (C=O) groups excluding carboxylic acids is 1. The van der Waals surface area contributed by atoms with Crippen LogP contribution in [0.1, 0.15) is 35.3 Å². The van der Waals surface area contributed by atoms with Crippen LogP contribution >= 0.6 is 11.6 Å². The van der Waals surface area contributed by atoms with Crippen molar-refractivity contribution in [1.29, 1.82) is 0 Å². The number of aromatic nitrogens is 2. The maximum absolute atomic E-state index is 13.1. The van der Waals surface area contributed by atoms with Crippen LogP contribution in [0.5, 0.6) is 0 Å². The van der Waals surface area contributed by atoms with Crippen molar-refractivity contribution in [1.82, 2.24) is 14.7 Å². The predicted molar refractivity (Wildman–Crippen MR) is 96.6 cm³/mol. The van der Waals surface area contributed by atoms with E-state index in [9.17, 15) is 14.7 Å². The Kier molecular flexibility index (Phi) is 4.23. The molecule has 1 aliphatic carbocycles. The first-order chi connectivity index (χ1) is 12.5. The van der Waals surface area contributed by atoms with E-state index in [1.165, 1.54) is 4.90 Å². The van der Waals surface area contributed by atoms with Crippen molar-refractivity contribution >= 4 is 23.5 Å². The highest BCUT2D eigenvalue weighted by Gasteiger charge is 2.49. The molecule has 26 heavy (non-hydrogen) atoms. The van der Waals surface area contributed by atoms with Crippen molar-refractivity contribution in [2.45, 2.75) is 32.2 Å². The van der Waals surface area contributed by atoms with Crippen molar-refractivity contribution in [2.75, 3.05) is 6.54 Å². The fraction of sp³-hybridized carbons (Fsp3) is 0.421. The molecule has 7 heteroatoms. The molecule has 4 rings (SSSR count). The van der Waals surface area contributed by atoms with Gasteiger partial charge in [-0.3, -0.25) is 4.79 Å². The van der Waals surface area contributed by atoms with E-state index in [2.05, 4.69) is 5.10 Å². The number of nitrogens with zero attached hydrogens (tertiary/aromatic N) is 3. The molecule has 1 aromatic heterocycles. The van der Waals surface area contributed by atoms with Crippen LogP contribution in [0.4, 0.5) is 0 Å². The van der Waals surface area contributed by atoms with Gasteiger partial charge < -0.3 is 10.0 Å². The van der Waals surface area contributed by atoms with E-state index in [0.29, 0.717) is 28.7 Å². The highest BCUT2D eigenvalue weighted by molar-refractivity contribution is 6.30. The van der Waals surface area contributed by atoms with Gasteiger partial charge in [0.25, 0.3) is 5.91 Å². The number of aryl methyl sites for hydroxylation is 1. The molecule has 1 amide bonds. The number of amides is 1. The van der Waals surface area contributed by atoms with Crippen molar-refractivity contribution < 1.29 is 14.7 Å². The topological polar surface area (TPSA) is 75.4 Å². The third-order valence-corrected chi connectivity index (χ3v) is 5.88. The van der Waals surface area contributed by atoms with Gasteiger partial charge in [0.05, 0.1) is 16.9 Å². The smallest absolute Gasteiger partial charge is 0.326 e. The van der Waals surface area contributed by atoms with Crippen LogP contribution in [0.2, 0.25) is 5.02 Å². The normalized spacial score (nSPS) is 24.7. The summed E-state index contributed by atoms with van der Waals surface area (Å²) in [6, 6.07) is 6.44. The van der Waals surface area contributed by atoms with Crippen molar-refractivity contribution in [3.05, 3.63) is 46.7 Å². The number of aliphatic carboxylic acids is 1. The molecule has 3 unspecified atom stereocenters. The van der Waals surface area contributed by atoms with Crippen LogP contribution in [0.15, 0.2) is 30.5 Å². The Morgan fingerprint density at radius 3 is 2.65 bits per heavy atom. The lowest BCUT2D eigenvalue weighted by Gasteiger charge is -2.24. The molecule has 2 aliphatic rings. The third kappa shape index (κ3) is 2.78. The van der Waals surface area contributed by atoms with Crippen molar-refractivity contribution in [3.63, 3.8) is 0 Å². The molecular formula is C19H20ClN3O3. The Bertz CT molecular complexity index is 861. The largest absolute Gasteiger partial charge is 0.480 e. The van der Waals surface area contributed by atoms with E-state index in [0.717, 1.165) is 24.9 Å². The number of halogens is 1. The molecule has 2 fully saturated rings. The summed E-state index contributed by atoms with van der Waals surface area (Å²) < 4.78 is 1.63. The van der Waals surface area contributed by atoms with E-state index in [4.69, 9.17) is 11.6 Å². The summed E-state index contributed by atoms with van der Waals surface area (Å²) in [5.41, 5.74) is 1.84. The van der Waals surface area contributed by atoms with Gasteiger partial charge in [0.15, 0.2) is 0 Å². The Morgan fingerprint density at radius 2 is 1.96 bits per heavy atom. The summed E-state index contributed by atoms with van der Waals surface area (Å²) >= 11 is 5.92. The summed E-state index contributed by atoms with van der Waals surface area (Å²) in [5.74, 6) is -0.783. The minimum absolute atomic E-state index is 0.0723. The molecule has 1 saturated carbocycles. The molecule has 1 N–H and O–H groups in total. The second-order valence-corrected chi connectivity index (χ2v) is 7.58. The van der Waals surface area contributed by atoms with Gasteiger partial charge in [-0.1, -0.05) is 18.0 Å². The molecule has 1 aromatic carbocycles. The molecule has 2 heterocycles. The van der Waals surface area contributed by atoms with Gasteiger partial charge in [-0.05, 0) is 55.9 Å². The van der Waals surface area contributed by atoms with Gasteiger partial charge in [-0.2, -0.15) is 5.10 Å². The third-order valence-electron chi connectivity index (χ3n) is 5.62. The average molecular weight is 374 g/mol. The summed E-state index contributed by atoms with van der Waals surface area (Å²) in [5, 5.41) is 14.7. The number of rotatable bonds is 3. The quantitative estimate of drug-likeness (QED) is 0.896. The number of carbonyl (C=O) groups is 2. The standard InChI is InChI=1S/C19H20ClN3O3/c1-11-16(10-23(21-11)14-7-5-13(20)6-8-14)18(24)22-9-12-3-2-4-15(12)17(22)19(25)26/h5-8,10,12,15,17H,2-4,9H2,1H3,(H,25,26). The van der Waals surface area contributed by atoms with Gasteiger partial charge in [-0.25, -0.2) is 9.48 Å². The zero-order chi connectivity index (χ0) is 18.4. The predicted octanol–water partition coefficient (Wildman–Crippen LogP) is 3.16. The minimum atomic E-state index is -0.907. The van der Waals surface area contributed by atoms with Gasteiger partial charge in [-0.15, -0.1) is 0 Å². The van der Waals surface area contributed by atoms with E-state index in [1.54, 1.807) is 29.9 Å². The van der Waals surface area contributed by atoms with Crippen LogP contribution in [0.25, 0.3) is 5.69 Å². The zero-order valence-electron chi connectivity index (χ0n) is 14.4. The number of carboxylic acids is 1. The molecule has 6 nitrogen and oxygen atoms in total. The number of likely N-dealkylation sites (tertiary alicyclic amines) is 1. The van der Waals surface area contributed by atoms with Crippen LogP contribution in [-0.4, -0.2) is 44.3 Å². The Hall–Kier alpha value is -2.34. The molecule has 0 bridgehead atoms. The highest BCUT2D eigenvalue weighted by atomic mass is 35.5. The van der Waals surface area contributed by atoms with Gasteiger partial charge in [0, 0.05) is 17.8 Å². The first-order valence-electron chi connectivity index (χ1n) is 8.81. The van der Waals surface area contributed by atoms with Crippen LogP contribution in [-0.2, 0) is 4.79 Å². The lowest BCUT2D eigenvalue weighted by molar-refractivity contribution is -0.142. The Labute approximate surface area is 156 Å². The molecule has 3 atom stereocenters. The molecule has 1 aliphatic heterocycles.